The van der Waals surface area contributed by atoms with Gasteiger partial charge in [0.15, 0.2) is 0 Å². The van der Waals surface area contributed by atoms with E-state index in [1.54, 1.807) is 0 Å². The normalized spacial score (nSPS) is 10.8. The molecule has 0 atom stereocenters. The second kappa shape index (κ2) is 6.21. The average Bonchev–Trinajstić information content (AvgIpc) is 2.33. The van der Waals surface area contributed by atoms with Crippen LogP contribution in [0.15, 0.2) is 18.2 Å². The van der Waals surface area contributed by atoms with Crippen molar-refractivity contribution in [3.63, 3.8) is 0 Å². The van der Waals surface area contributed by atoms with E-state index in [2.05, 4.69) is 10.6 Å². The molecule has 0 fully saturated rings. The van der Waals surface area contributed by atoms with Crippen LogP contribution in [-0.4, -0.2) is 34.0 Å². The summed E-state index contributed by atoms with van der Waals surface area (Å²) < 4.78 is 0. The number of carboxylic acid groups (broad SMARTS) is 1. The Kier molecular flexibility index (Phi) is 4.85. The third-order valence-electron chi connectivity index (χ3n) is 2.40. The van der Waals surface area contributed by atoms with E-state index >= 15 is 0 Å². The maximum atomic E-state index is 11.7. The number of carbonyl (C=O) groups is 2. The van der Waals surface area contributed by atoms with Gasteiger partial charge < -0.3 is 15.7 Å². The zero-order valence-corrected chi connectivity index (χ0v) is 12.0. The number of carboxylic acids is 1. The Morgan fingerprint density at radius 1 is 1.33 bits per heavy atom. The topological polar surface area (TPSA) is 122 Å². The number of anilines is 1. The number of nitrogens with one attached hydrogen (secondary N) is 2. The van der Waals surface area contributed by atoms with Crippen molar-refractivity contribution in [3.8, 4) is 0 Å². The lowest BCUT2D eigenvalue weighted by Gasteiger charge is -2.20. The van der Waals surface area contributed by atoms with Gasteiger partial charge in [-0.1, -0.05) is 0 Å². The van der Waals surface area contributed by atoms with Crippen LogP contribution in [0.1, 0.15) is 31.1 Å². The van der Waals surface area contributed by atoms with Crippen LogP contribution in [-0.2, 0) is 4.79 Å². The van der Waals surface area contributed by atoms with Crippen molar-refractivity contribution in [3.05, 3.63) is 33.9 Å². The molecule has 0 bridgehead atoms. The maximum Gasteiger partial charge on any atom is 0.335 e. The third-order valence-corrected chi connectivity index (χ3v) is 2.40. The lowest BCUT2D eigenvalue weighted by Crippen LogP contribution is -2.43. The highest BCUT2D eigenvalue weighted by Gasteiger charge is 2.19. The summed E-state index contributed by atoms with van der Waals surface area (Å²) in [7, 11) is 0. The van der Waals surface area contributed by atoms with Crippen molar-refractivity contribution in [1.82, 2.24) is 5.32 Å². The monoisotopic (exact) mass is 295 g/mol. The van der Waals surface area contributed by atoms with E-state index in [9.17, 15) is 19.7 Å². The van der Waals surface area contributed by atoms with Gasteiger partial charge in [0.1, 0.15) is 5.69 Å². The smallest absolute Gasteiger partial charge is 0.335 e. The fraction of sp³-hybridized carbons (Fsp3) is 0.385. The first-order valence-corrected chi connectivity index (χ1v) is 6.17. The van der Waals surface area contributed by atoms with E-state index in [1.165, 1.54) is 12.1 Å². The minimum atomic E-state index is -1.25. The molecule has 0 heterocycles. The summed E-state index contributed by atoms with van der Waals surface area (Å²) in [5.74, 6) is -1.57. The van der Waals surface area contributed by atoms with Crippen molar-refractivity contribution in [2.75, 3.05) is 11.9 Å². The molecule has 8 heteroatoms. The van der Waals surface area contributed by atoms with Gasteiger partial charge in [-0.15, -0.1) is 0 Å². The van der Waals surface area contributed by atoms with E-state index in [0.29, 0.717) is 0 Å². The standard InChI is InChI=1S/C13H17N3O5/c1-13(2,3)15-11(17)7-14-9-5-4-8(12(18)19)6-10(9)16(20)21/h4-6,14H,7H2,1-3H3,(H,15,17)(H,18,19). The van der Waals surface area contributed by atoms with Crippen LogP contribution in [0.2, 0.25) is 0 Å². The van der Waals surface area contributed by atoms with Crippen LogP contribution in [0.3, 0.4) is 0 Å². The molecule has 1 amide bonds. The minimum Gasteiger partial charge on any atom is -0.478 e. The first-order chi connectivity index (χ1) is 9.60. The van der Waals surface area contributed by atoms with Gasteiger partial charge in [-0.25, -0.2) is 4.79 Å². The van der Waals surface area contributed by atoms with E-state index in [4.69, 9.17) is 5.11 Å². The van der Waals surface area contributed by atoms with Crippen LogP contribution in [0.5, 0.6) is 0 Å². The van der Waals surface area contributed by atoms with E-state index in [0.717, 1.165) is 6.07 Å². The number of hydrogen-bond acceptors (Lipinski definition) is 5. The Morgan fingerprint density at radius 3 is 2.43 bits per heavy atom. The average molecular weight is 295 g/mol. The molecule has 0 unspecified atom stereocenters. The molecule has 1 rings (SSSR count). The highest BCUT2D eigenvalue weighted by Crippen LogP contribution is 2.25. The number of amides is 1. The van der Waals surface area contributed by atoms with Crippen LogP contribution >= 0.6 is 0 Å². The molecule has 0 aliphatic rings. The summed E-state index contributed by atoms with van der Waals surface area (Å²) >= 11 is 0. The van der Waals surface area contributed by atoms with Crippen molar-refractivity contribution >= 4 is 23.3 Å². The van der Waals surface area contributed by atoms with E-state index < -0.39 is 22.1 Å². The second-order valence-electron chi connectivity index (χ2n) is 5.45. The van der Waals surface area contributed by atoms with Gasteiger partial charge in [-0.05, 0) is 32.9 Å². The van der Waals surface area contributed by atoms with Gasteiger partial charge in [0.2, 0.25) is 5.91 Å². The zero-order valence-electron chi connectivity index (χ0n) is 12.0. The summed E-state index contributed by atoms with van der Waals surface area (Å²) in [5, 5.41) is 25.1. The summed E-state index contributed by atoms with van der Waals surface area (Å²) in [6.07, 6.45) is 0. The predicted octanol–water partition coefficient (Wildman–Crippen LogP) is 1.62. The lowest BCUT2D eigenvalue weighted by molar-refractivity contribution is -0.384. The Balaban J connectivity index is 2.86. The summed E-state index contributed by atoms with van der Waals surface area (Å²) in [6, 6.07) is 3.46. The predicted molar refractivity (Wildman–Crippen MR) is 76.4 cm³/mol. The fourth-order valence-corrected chi connectivity index (χ4v) is 1.60. The van der Waals surface area contributed by atoms with Gasteiger partial charge in [0.05, 0.1) is 17.0 Å². The van der Waals surface area contributed by atoms with Gasteiger partial charge in [-0.2, -0.15) is 0 Å². The molecule has 0 aliphatic carbocycles. The molecule has 1 aromatic rings. The quantitative estimate of drug-likeness (QED) is 0.560. The maximum absolute atomic E-state index is 11.7. The number of nitro groups is 1. The molecule has 8 nitrogen and oxygen atoms in total. The van der Waals surface area contributed by atoms with Crippen LogP contribution in [0.25, 0.3) is 0 Å². The largest absolute Gasteiger partial charge is 0.478 e. The molecule has 0 aliphatic heterocycles. The van der Waals surface area contributed by atoms with Gasteiger partial charge in [0.25, 0.3) is 5.69 Å². The molecule has 0 spiro atoms. The Hall–Kier alpha value is -2.64. The van der Waals surface area contributed by atoms with Crippen molar-refractivity contribution in [1.29, 1.82) is 0 Å². The molecule has 21 heavy (non-hydrogen) atoms. The SMILES string of the molecule is CC(C)(C)NC(=O)CNc1ccc(C(=O)O)cc1[N+](=O)[O-]. The highest BCUT2D eigenvalue weighted by atomic mass is 16.6. The van der Waals surface area contributed by atoms with Gasteiger partial charge in [-0.3, -0.25) is 14.9 Å². The molecule has 0 radical (unpaired) electrons. The molecule has 0 saturated heterocycles. The molecule has 114 valence electrons. The lowest BCUT2D eigenvalue weighted by atomic mass is 10.1. The van der Waals surface area contributed by atoms with Crippen LogP contribution < -0.4 is 10.6 Å². The summed E-state index contributed by atoms with van der Waals surface area (Å²) in [5.41, 5.74) is -0.892. The molecule has 0 aromatic heterocycles. The molecule has 3 N–H and O–H groups in total. The van der Waals surface area contributed by atoms with Crippen LogP contribution in [0.4, 0.5) is 11.4 Å². The second-order valence-corrected chi connectivity index (χ2v) is 5.45. The Labute approximate surface area is 121 Å². The van der Waals surface area contributed by atoms with Crippen molar-refractivity contribution in [2.45, 2.75) is 26.3 Å². The first kappa shape index (κ1) is 16.4. The number of rotatable bonds is 5. The summed E-state index contributed by atoms with van der Waals surface area (Å²) in [6.45, 7) is 5.30. The number of nitrogens with zero attached hydrogens (tertiary/aromatic N) is 1. The number of aromatic carboxylic acids is 1. The third kappa shape index (κ3) is 5.09. The number of hydrogen-bond donors (Lipinski definition) is 3. The molecular weight excluding hydrogens is 278 g/mol. The molecular formula is C13H17N3O5. The molecule has 1 aromatic carbocycles. The fourth-order valence-electron chi connectivity index (χ4n) is 1.60. The van der Waals surface area contributed by atoms with Gasteiger partial charge >= 0.3 is 5.97 Å². The number of nitro benzene ring substituents is 1. The van der Waals surface area contributed by atoms with E-state index in [-0.39, 0.29) is 23.7 Å². The minimum absolute atomic E-state index is 0.0917. The highest BCUT2D eigenvalue weighted by molar-refractivity contribution is 5.90. The number of benzene rings is 1. The van der Waals surface area contributed by atoms with Crippen molar-refractivity contribution < 1.29 is 19.6 Å². The summed E-state index contributed by atoms with van der Waals surface area (Å²) in [4.78, 5) is 32.7. The van der Waals surface area contributed by atoms with Gasteiger partial charge in [0, 0.05) is 11.6 Å². The number of carbonyl (C=O) groups excluding carboxylic acids is 1. The molecule has 0 saturated carbocycles. The first-order valence-electron chi connectivity index (χ1n) is 6.17. The zero-order chi connectivity index (χ0) is 16.2. The Bertz CT molecular complexity index is 578. The van der Waals surface area contributed by atoms with Crippen molar-refractivity contribution in [2.24, 2.45) is 0 Å². The van der Waals surface area contributed by atoms with Crippen LogP contribution in [0, 0.1) is 10.1 Å². The van der Waals surface area contributed by atoms with E-state index in [1.807, 2.05) is 20.8 Å². The Morgan fingerprint density at radius 2 is 1.95 bits per heavy atom.